The third-order valence-corrected chi connectivity index (χ3v) is 0.854. The summed E-state index contributed by atoms with van der Waals surface area (Å²) >= 11 is 0. The van der Waals surface area contributed by atoms with Gasteiger partial charge in [-0.05, 0) is 25.9 Å². The average Bonchev–Trinajstić information content (AvgIpc) is 1.94. The zero-order valence-electron chi connectivity index (χ0n) is 6.74. The molecule has 0 rings (SSSR count). The first-order chi connectivity index (χ1) is 4.41. The molecule has 0 amide bonds. The van der Waals surface area contributed by atoms with Crippen LogP contribution in [0, 0.1) is 0 Å². The molecule has 0 aromatic carbocycles. The summed E-state index contributed by atoms with van der Waals surface area (Å²) in [6, 6.07) is 0. The fraction of sp³-hybridized carbons (Fsp3) is 0.750. The molecule has 1 heteroatoms. The lowest BCUT2D eigenvalue weighted by molar-refractivity contribution is 0.662. The van der Waals surface area contributed by atoms with E-state index in [4.69, 9.17) is 0 Å². The second kappa shape index (κ2) is 15.6. The molecule has 0 aliphatic carbocycles. The van der Waals surface area contributed by atoms with Gasteiger partial charge in [0.05, 0.1) is 0 Å². The lowest BCUT2D eigenvalue weighted by Gasteiger charge is -1.95. The van der Waals surface area contributed by atoms with Crippen LogP contribution in [0.1, 0.15) is 26.7 Å². The fourth-order valence-electron chi connectivity index (χ4n) is 0.479. The quantitative estimate of drug-likeness (QED) is 0.453. The van der Waals surface area contributed by atoms with Gasteiger partial charge in [0.25, 0.3) is 0 Å². The summed E-state index contributed by atoms with van der Waals surface area (Å²) in [5.74, 6) is 0. The standard InChI is InChI=1S/C6H15N.C2H4/c1-3-5-7-6-4-2;1-2/h7H,3-6H2,1-2H3;1-2H2. The predicted octanol–water partition coefficient (Wildman–Crippen LogP) is 2.20. The van der Waals surface area contributed by atoms with E-state index in [1.807, 2.05) is 0 Å². The molecular formula is C8H19N. The Morgan fingerprint density at radius 3 is 1.56 bits per heavy atom. The minimum Gasteiger partial charge on any atom is -0.317 e. The molecule has 0 unspecified atom stereocenters. The summed E-state index contributed by atoms with van der Waals surface area (Å²) in [6.45, 7) is 12.7. The Hall–Kier alpha value is -0.300. The van der Waals surface area contributed by atoms with Crippen LogP contribution in [0.4, 0.5) is 0 Å². The maximum atomic E-state index is 3.28. The SMILES string of the molecule is C=C.CCCNCCC. The monoisotopic (exact) mass is 129 g/mol. The second-order valence-electron chi connectivity index (χ2n) is 1.75. The van der Waals surface area contributed by atoms with Crippen molar-refractivity contribution in [3.8, 4) is 0 Å². The fourth-order valence-corrected chi connectivity index (χ4v) is 0.479. The summed E-state index contributed by atoms with van der Waals surface area (Å²) in [5.41, 5.74) is 0. The van der Waals surface area contributed by atoms with Crippen LogP contribution in [0.15, 0.2) is 13.2 Å². The van der Waals surface area contributed by atoms with E-state index in [1.54, 1.807) is 0 Å². The molecule has 0 aliphatic heterocycles. The Bertz CT molecular complexity index is 31.5. The van der Waals surface area contributed by atoms with Crippen LogP contribution in [-0.4, -0.2) is 13.1 Å². The maximum Gasteiger partial charge on any atom is -0.00516 e. The minimum atomic E-state index is 1.17. The van der Waals surface area contributed by atoms with Gasteiger partial charge in [0, 0.05) is 0 Å². The number of nitrogens with one attached hydrogen (secondary N) is 1. The average molecular weight is 129 g/mol. The largest absolute Gasteiger partial charge is 0.317 e. The first-order valence-electron chi connectivity index (χ1n) is 3.62. The summed E-state index contributed by atoms with van der Waals surface area (Å²) in [7, 11) is 0. The van der Waals surface area contributed by atoms with E-state index in [-0.39, 0.29) is 0 Å². The Morgan fingerprint density at radius 1 is 1.00 bits per heavy atom. The van der Waals surface area contributed by atoms with Crippen molar-refractivity contribution in [1.29, 1.82) is 0 Å². The van der Waals surface area contributed by atoms with E-state index in [2.05, 4.69) is 32.3 Å². The zero-order chi connectivity index (χ0) is 7.54. The molecule has 0 spiro atoms. The van der Waals surface area contributed by atoms with Crippen molar-refractivity contribution in [3.63, 3.8) is 0 Å². The highest BCUT2D eigenvalue weighted by molar-refractivity contribution is 4.39. The highest BCUT2D eigenvalue weighted by atomic mass is 14.8. The molecule has 0 fully saturated rings. The highest BCUT2D eigenvalue weighted by Crippen LogP contribution is 1.71. The van der Waals surface area contributed by atoms with Gasteiger partial charge in [-0.1, -0.05) is 13.8 Å². The molecule has 0 saturated carbocycles. The molecule has 0 atom stereocenters. The molecule has 1 N–H and O–H groups in total. The molecule has 9 heavy (non-hydrogen) atoms. The van der Waals surface area contributed by atoms with E-state index < -0.39 is 0 Å². The summed E-state index contributed by atoms with van der Waals surface area (Å²) in [4.78, 5) is 0. The third kappa shape index (κ3) is 18.3. The molecular weight excluding hydrogens is 110 g/mol. The molecule has 0 bridgehead atoms. The van der Waals surface area contributed by atoms with Crippen molar-refractivity contribution in [2.24, 2.45) is 0 Å². The van der Waals surface area contributed by atoms with Crippen LogP contribution in [0.2, 0.25) is 0 Å². The van der Waals surface area contributed by atoms with Gasteiger partial charge >= 0.3 is 0 Å². The molecule has 0 saturated heterocycles. The van der Waals surface area contributed by atoms with Gasteiger partial charge in [0.1, 0.15) is 0 Å². The Kier molecular flexibility index (Phi) is 20.0. The minimum absolute atomic E-state index is 1.17. The van der Waals surface area contributed by atoms with Crippen LogP contribution in [0.3, 0.4) is 0 Å². The van der Waals surface area contributed by atoms with Gasteiger partial charge in [0.15, 0.2) is 0 Å². The summed E-state index contributed by atoms with van der Waals surface area (Å²) in [5, 5.41) is 3.28. The second-order valence-corrected chi connectivity index (χ2v) is 1.75. The lowest BCUT2D eigenvalue weighted by Crippen LogP contribution is -2.14. The van der Waals surface area contributed by atoms with E-state index in [9.17, 15) is 0 Å². The van der Waals surface area contributed by atoms with E-state index >= 15 is 0 Å². The van der Waals surface area contributed by atoms with Crippen molar-refractivity contribution in [2.75, 3.05) is 13.1 Å². The molecule has 0 aromatic heterocycles. The molecule has 1 nitrogen and oxygen atoms in total. The van der Waals surface area contributed by atoms with E-state index in [1.165, 1.54) is 25.9 Å². The Labute approximate surface area is 59.2 Å². The normalized spacial score (nSPS) is 7.78. The predicted molar refractivity (Wildman–Crippen MR) is 44.7 cm³/mol. The number of hydrogen-bond donors (Lipinski definition) is 1. The van der Waals surface area contributed by atoms with Crippen LogP contribution in [0.5, 0.6) is 0 Å². The van der Waals surface area contributed by atoms with Gasteiger partial charge in [-0.2, -0.15) is 0 Å². The Morgan fingerprint density at radius 2 is 1.33 bits per heavy atom. The Balaban J connectivity index is 0. The lowest BCUT2D eigenvalue weighted by atomic mass is 10.4. The van der Waals surface area contributed by atoms with Crippen molar-refractivity contribution in [1.82, 2.24) is 5.32 Å². The highest BCUT2D eigenvalue weighted by Gasteiger charge is 1.76. The van der Waals surface area contributed by atoms with Gasteiger partial charge in [-0.25, -0.2) is 0 Å². The summed E-state index contributed by atoms with van der Waals surface area (Å²) < 4.78 is 0. The van der Waals surface area contributed by atoms with Crippen molar-refractivity contribution in [2.45, 2.75) is 26.7 Å². The van der Waals surface area contributed by atoms with Crippen LogP contribution in [-0.2, 0) is 0 Å². The van der Waals surface area contributed by atoms with Crippen molar-refractivity contribution < 1.29 is 0 Å². The molecule has 0 aliphatic rings. The van der Waals surface area contributed by atoms with Crippen LogP contribution in [0.25, 0.3) is 0 Å². The van der Waals surface area contributed by atoms with Crippen LogP contribution < -0.4 is 5.32 Å². The number of hydrogen-bond acceptors (Lipinski definition) is 1. The van der Waals surface area contributed by atoms with Gasteiger partial charge in [0.2, 0.25) is 0 Å². The maximum absolute atomic E-state index is 3.28. The first kappa shape index (κ1) is 11.5. The van der Waals surface area contributed by atoms with Gasteiger partial charge in [-0.15, -0.1) is 13.2 Å². The smallest absolute Gasteiger partial charge is 0.00516 e. The first-order valence-corrected chi connectivity index (χ1v) is 3.62. The molecule has 0 heterocycles. The molecule has 0 aromatic rings. The summed E-state index contributed by atoms with van der Waals surface area (Å²) in [6.07, 6.45) is 2.50. The third-order valence-electron chi connectivity index (χ3n) is 0.854. The molecule has 0 radical (unpaired) electrons. The van der Waals surface area contributed by atoms with E-state index in [0.29, 0.717) is 0 Å². The van der Waals surface area contributed by atoms with Gasteiger partial charge < -0.3 is 5.32 Å². The van der Waals surface area contributed by atoms with Crippen molar-refractivity contribution in [3.05, 3.63) is 13.2 Å². The number of rotatable bonds is 4. The molecule has 56 valence electrons. The van der Waals surface area contributed by atoms with Crippen molar-refractivity contribution >= 4 is 0 Å². The topological polar surface area (TPSA) is 12.0 Å². The van der Waals surface area contributed by atoms with Gasteiger partial charge in [-0.3, -0.25) is 0 Å². The van der Waals surface area contributed by atoms with Crippen LogP contribution >= 0.6 is 0 Å². The zero-order valence-corrected chi connectivity index (χ0v) is 6.74. The van der Waals surface area contributed by atoms with E-state index in [0.717, 1.165) is 0 Å².